The molecular formula is C15H13Cl2N5OS. The SMILES string of the molecule is Clc1ccc(-c2nc(N3CCOCC3)sc2-n2cncn2)c(Cl)c1. The molecule has 0 spiro atoms. The number of benzene rings is 1. The van der Waals surface area contributed by atoms with E-state index in [4.69, 9.17) is 32.9 Å². The van der Waals surface area contributed by atoms with Crippen LogP contribution in [-0.4, -0.2) is 46.1 Å². The van der Waals surface area contributed by atoms with Crippen LogP contribution in [0.3, 0.4) is 0 Å². The molecule has 1 fully saturated rings. The molecule has 9 heteroatoms. The Morgan fingerprint density at radius 3 is 2.71 bits per heavy atom. The average Bonchev–Trinajstić information content (AvgIpc) is 3.25. The van der Waals surface area contributed by atoms with E-state index < -0.39 is 0 Å². The van der Waals surface area contributed by atoms with Gasteiger partial charge in [-0.3, -0.25) is 0 Å². The Morgan fingerprint density at radius 2 is 2.00 bits per heavy atom. The largest absolute Gasteiger partial charge is 0.378 e. The van der Waals surface area contributed by atoms with E-state index in [2.05, 4.69) is 15.0 Å². The van der Waals surface area contributed by atoms with E-state index in [0.717, 1.165) is 34.5 Å². The van der Waals surface area contributed by atoms with Crippen molar-refractivity contribution in [3.8, 4) is 16.3 Å². The van der Waals surface area contributed by atoms with Crippen LogP contribution in [-0.2, 0) is 4.74 Å². The third-order valence-corrected chi connectivity index (χ3v) is 5.35. The van der Waals surface area contributed by atoms with Gasteiger partial charge in [-0.05, 0) is 18.2 Å². The number of ether oxygens (including phenoxy) is 1. The number of aromatic nitrogens is 4. The fourth-order valence-corrected chi connectivity index (χ4v) is 4.08. The van der Waals surface area contributed by atoms with Crippen molar-refractivity contribution in [1.29, 1.82) is 0 Å². The lowest BCUT2D eigenvalue weighted by Crippen LogP contribution is -2.36. The van der Waals surface area contributed by atoms with Gasteiger partial charge in [0.05, 0.1) is 18.2 Å². The quantitative estimate of drug-likeness (QED) is 0.694. The molecular weight excluding hydrogens is 369 g/mol. The van der Waals surface area contributed by atoms with Crippen molar-refractivity contribution in [3.05, 3.63) is 40.9 Å². The van der Waals surface area contributed by atoms with Crippen LogP contribution in [0.1, 0.15) is 0 Å². The van der Waals surface area contributed by atoms with Crippen molar-refractivity contribution < 1.29 is 4.74 Å². The first-order valence-corrected chi connectivity index (χ1v) is 8.93. The minimum Gasteiger partial charge on any atom is -0.378 e. The van der Waals surface area contributed by atoms with Crippen LogP contribution < -0.4 is 4.90 Å². The van der Waals surface area contributed by atoms with Crippen LogP contribution in [0.4, 0.5) is 5.13 Å². The maximum Gasteiger partial charge on any atom is 0.188 e. The minimum absolute atomic E-state index is 0.558. The Hall–Kier alpha value is -1.67. The summed E-state index contributed by atoms with van der Waals surface area (Å²) in [5, 5.41) is 7.19. The van der Waals surface area contributed by atoms with E-state index >= 15 is 0 Å². The molecule has 2 aromatic heterocycles. The van der Waals surface area contributed by atoms with Gasteiger partial charge in [0.2, 0.25) is 0 Å². The molecule has 0 saturated carbocycles. The summed E-state index contributed by atoms with van der Waals surface area (Å²) in [4.78, 5) is 11.1. The number of halogens is 2. The van der Waals surface area contributed by atoms with E-state index in [1.165, 1.54) is 6.33 Å². The molecule has 3 aromatic rings. The molecule has 6 nitrogen and oxygen atoms in total. The summed E-state index contributed by atoms with van der Waals surface area (Å²) < 4.78 is 7.13. The molecule has 3 heterocycles. The van der Waals surface area contributed by atoms with Gasteiger partial charge < -0.3 is 9.64 Å². The van der Waals surface area contributed by atoms with Gasteiger partial charge >= 0.3 is 0 Å². The van der Waals surface area contributed by atoms with E-state index in [1.54, 1.807) is 28.4 Å². The molecule has 124 valence electrons. The molecule has 0 aliphatic carbocycles. The van der Waals surface area contributed by atoms with Crippen molar-refractivity contribution in [1.82, 2.24) is 19.7 Å². The summed E-state index contributed by atoms with van der Waals surface area (Å²) in [5.74, 6) is 0. The average molecular weight is 382 g/mol. The van der Waals surface area contributed by atoms with Crippen LogP contribution >= 0.6 is 34.5 Å². The maximum absolute atomic E-state index is 6.39. The van der Waals surface area contributed by atoms with Gasteiger partial charge in [-0.15, -0.1) is 0 Å². The third-order valence-electron chi connectivity index (χ3n) is 3.69. The molecule has 0 N–H and O–H groups in total. The van der Waals surface area contributed by atoms with Gasteiger partial charge in [-0.2, -0.15) is 5.10 Å². The predicted molar refractivity (Wildman–Crippen MR) is 95.5 cm³/mol. The van der Waals surface area contributed by atoms with Crippen LogP contribution in [0.15, 0.2) is 30.9 Å². The lowest BCUT2D eigenvalue weighted by molar-refractivity contribution is 0.122. The van der Waals surface area contributed by atoms with Crippen molar-refractivity contribution in [3.63, 3.8) is 0 Å². The number of rotatable bonds is 3. The van der Waals surface area contributed by atoms with E-state index in [1.807, 2.05) is 12.1 Å². The lowest BCUT2D eigenvalue weighted by Gasteiger charge is -2.25. The molecule has 0 atom stereocenters. The Morgan fingerprint density at radius 1 is 1.17 bits per heavy atom. The molecule has 1 aromatic carbocycles. The molecule has 0 unspecified atom stereocenters. The number of thiazole rings is 1. The molecule has 1 aliphatic heterocycles. The number of nitrogens with zero attached hydrogens (tertiary/aromatic N) is 5. The Kier molecular flexibility index (Phi) is 4.41. The first-order chi connectivity index (χ1) is 11.7. The third kappa shape index (κ3) is 3.00. The fraction of sp³-hybridized carbons (Fsp3) is 0.267. The normalized spacial score (nSPS) is 15.0. The summed E-state index contributed by atoms with van der Waals surface area (Å²) in [5.41, 5.74) is 1.59. The van der Waals surface area contributed by atoms with Crippen molar-refractivity contribution in [2.45, 2.75) is 0 Å². The molecule has 0 radical (unpaired) electrons. The number of anilines is 1. The van der Waals surface area contributed by atoms with Crippen LogP contribution in [0.25, 0.3) is 16.3 Å². The van der Waals surface area contributed by atoms with Gasteiger partial charge in [0.15, 0.2) is 5.13 Å². The highest BCUT2D eigenvalue weighted by Crippen LogP contribution is 2.39. The second-order valence-electron chi connectivity index (χ2n) is 5.21. The standard InChI is InChI=1S/C15H13Cl2N5OS/c16-10-1-2-11(12(17)7-10)13-14(22-9-18-8-19-22)24-15(20-13)21-3-5-23-6-4-21/h1-2,7-9H,3-6H2. The van der Waals surface area contributed by atoms with Gasteiger partial charge in [-0.25, -0.2) is 14.6 Å². The topological polar surface area (TPSA) is 56.1 Å². The molecule has 4 rings (SSSR count). The molecule has 24 heavy (non-hydrogen) atoms. The fourth-order valence-electron chi connectivity index (χ4n) is 2.52. The molecule has 0 amide bonds. The highest BCUT2D eigenvalue weighted by Gasteiger charge is 2.22. The Balaban J connectivity index is 1.83. The summed E-state index contributed by atoms with van der Waals surface area (Å²) in [7, 11) is 0. The summed E-state index contributed by atoms with van der Waals surface area (Å²) in [6.45, 7) is 3.04. The van der Waals surface area contributed by atoms with E-state index in [0.29, 0.717) is 23.3 Å². The van der Waals surface area contributed by atoms with Gasteiger partial charge in [0.1, 0.15) is 23.3 Å². The Labute approximate surface area is 152 Å². The smallest absolute Gasteiger partial charge is 0.188 e. The van der Waals surface area contributed by atoms with Crippen molar-refractivity contribution in [2.24, 2.45) is 0 Å². The number of hydrogen-bond donors (Lipinski definition) is 0. The zero-order chi connectivity index (χ0) is 16.5. The van der Waals surface area contributed by atoms with Gasteiger partial charge in [0, 0.05) is 23.7 Å². The summed E-state index contributed by atoms with van der Waals surface area (Å²) >= 11 is 14.0. The summed E-state index contributed by atoms with van der Waals surface area (Å²) in [6.07, 6.45) is 3.16. The van der Waals surface area contributed by atoms with Crippen LogP contribution in [0.5, 0.6) is 0 Å². The molecule has 1 saturated heterocycles. The molecule has 0 bridgehead atoms. The van der Waals surface area contributed by atoms with Gasteiger partial charge in [0.25, 0.3) is 0 Å². The lowest BCUT2D eigenvalue weighted by atomic mass is 10.1. The molecule has 1 aliphatic rings. The van der Waals surface area contributed by atoms with Gasteiger partial charge in [-0.1, -0.05) is 34.5 Å². The van der Waals surface area contributed by atoms with Crippen LogP contribution in [0, 0.1) is 0 Å². The highest BCUT2D eigenvalue weighted by atomic mass is 35.5. The second-order valence-corrected chi connectivity index (χ2v) is 7.01. The predicted octanol–water partition coefficient (Wildman–Crippen LogP) is 3.53. The first kappa shape index (κ1) is 15.8. The second kappa shape index (κ2) is 6.68. The number of hydrogen-bond acceptors (Lipinski definition) is 6. The zero-order valence-electron chi connectivity index (χ0n) is 12.5. The summed E-state index contributed by atoms with van der Waals surface area (Å²) in [6, 6.07) is 5.40. The first-order valence-electron chi connectivity index (χ1n) is 7.36. The number of morpholine rings is 1. The van der Waals surface area contributed by atoms with E-state index in [9.17, 15) is 0 Å². The van der Waals surface area contributed by atoms with Crippen molar-refractivity contribution >= 4 is 39.7 Å². The highest BCUT2D eigenvalue weighted by molar-refractivity contribution is 7.18. The van der Waals surface area contributed by atoms with E-state index in [-0.39, 0.29) is 0 Å². The van der Waals surface area contributed by atoms with Crippen LogP contribution in [0.2, 0.25) is 10.0 Å². The maximum atomic E-state index is 6.39. The minimum atomic E-state index is 0.558. The van der Waals surface area contributed by atoms with Crippen molar-refractivity contribution in [2.75, 3.05) is 31.2 Å². The zero-order valence-corrected chi connectivity index (χ0v) is 14.9. The Bertz CT molecular complexity index is 846. The monoisotopic (exact) mass is 381 g/mol.